The Balaban J connectivity index is 1.90. The van der Waals surface area contributed by atoms with E-state index in [9.17, 15) is 4.79 Å². The number of nitrogens with two attached hydrogens (primary N) is 1. The molecular weight excluding hydrogens is 338 g/mol. The number of benzene rings is 1. The molecule has 1 aromatic heterocycles. The number of amides is 1. The van der Waals surface area contributed by atoms with Crippen LogP contribution in [-0.2, 0) is 17.7 Å². The highest BCUT2D eigenvalue weighted by atomic mass is 16.5. The molecule has 5 heteroatoms. The van der Waals surface area contributed by atoms with Gasteiger partial charge in [-0.05, 0) is 32.3 Å². The molecule has 1 amide bonds. The summed E-state index contributed by atoms with van der Waals surface area (Å²) in [5, 5.41) is 0. The number of morpholine rings is 1. The van der Waals surface area contributed by atoms with Crippen LogP contribution in [0.2, 0.25) is 0 Å². The van der Waals surface area contributed by atoms with Crippen LogP contribution in [0.1, 0.15) is 40.7 Å². The molecule has 2 aromatic rings. The van der Waals surface area contributed by atoms with Crippen molar-refractivity contribution in [2.24, 2.45) is 5.73 Å². The van der Waals surface area contributed by atoms with Crippen LogP contribution < -0.4 is 5.73 Å². The highest BCUT2D eigenvalue weighted by Crippen LogP contribution is 2.33. The lowest BCUT2D eigenvalue weighted by atomic mass is 9.98. The molecule has 1 aliphatic heterocycles. The van der Waals surface area contributed by atoms with Gasteiger partial charge in [-0.2, -0.15) is 0 Å². The summed E-state index contributed by atoms with van der Waals surface area (Å²) in [6.45, 7) is 11.9. The monoisotopic (exact) mass is 369 g/mol. The van der Waals surface area contributed by atoms with E-state index in [0.717, 1.165) is 69.1 Å². The zero-order valence-corrected chi connectivity index (χ0v) is 16.8. The molecule has 27 heavy (non-hydrogen) atoms. The zero-order chi connectivity index (χ0) is 19.4. The summed E-state index contributed by atoms with van der Waals surface area (Å²) in [6.07, 6.45) is 1.92. The van der Waals surface area contributed by atoms with Gasteiger partial charge < -0.3 is 15.0 Å². The SMILES string of the molecule is CCc1c(-c2ccc(C)cc2)c(C(N)=O)c(C)n1CCCN1CCOCC1. The molecule has 146 valence electrons. The zero-order valence-electron chi connectivity index (χ0n) is 16.8. The van der Waals surface area contributed by atoms with Gasteiger partial charge in [0.2, 0.25) is 0 Å². The number of hydrogen-bond donors (Lipinski definition) is 1. The highest BCUT2D eigenvalue weighted by Gasteiger charge is 2.23. The quantitative estimate of drug-likeness (QED) is 0.815. The molecule has 1 saturated heterocycles. The first kappa shape index (κ1) is 19.6. The standard InChI is InChI=1S/C22H31N3O2/c1-4-19-21(18-8-6-16(2)7-9-18)20(22(23)26)17(3)25(19)11-5-10-24-12-14-27-15-13-24/h6-9H,4-5,10-15H2,1-3H3,(H2,23,26). The minimum atomic E-state index is -0.343. The largest absolute Gasteiger partial charge is 0.379 e. The second kappa shape index (κ2) is 8.72. The van der Waals surface area contributed by atoms with Crippen LogP contribution in [0.25, 0.3) is 11.1 Å². The number of carbonyl (C=O) groups excluding carboxylic acids is 1. The lowest BCUT2D eigenvalue weighted by Crippen LogP contribution is -2.37. The Morgan fingerprint density at radius 3 is 2.37 bits per heavy atom. The summed E-state index contributed by atoms with van der Waals surface area (Å²) in [5.41, 5.74) is 11.9. The summed E-state index contributed by atoms with van der Waals surface area (Å²) >= 11 is 0. The molecule has 5 nitrogen and oxygen atoms in total. The number of rotatable bonds is 7. The Bertz CT molecular complexity index is 787. The molecule has 0 unspecified atom stereocenters. The Labute approximate surface area is 162 Å². The van der Waals surface area contributed by atoms with Gasteiger partial charge in [0.25, 0.3) is 5.91 Å². The van der Waals surface area contributed by atoms with Gasteiger partial charge in [0.15, 0.2) is 0 Å². The summed E-state index contributed by atoms with van der Waals surface area (Å²) < 4.78 is 7.73. The highest BCUT2D eigenvalue weighted by molar-refractivity contribution is 6.02. The third-order valence-corrected chi connectivity index (χ3v) is 5.51. The first-order valence-electron chi connectivity index (χ1n) is 9.91. The lowest BCUT2D eigenvalue weighted by Gasteiger charge is -2.26. The fourth-order valence-corrected chi connectivity index (χ4v) is 4.08. The van der Waals surface area contributed by atoms with Crippen molar-refractivity contribution in [3.63, 3.8) is 0 Å². The first-order chi connectivity index (χ1) is 13.0. The molecule has 0 atom stereocenters. The molecule has 3 rings (SSSR count). The molecule has 2 heterocycles. The number of nitrogens with zero attached hydrogens (tertiary/aromatic N) is 2. The van der Waals surface area contributed by atoms with Gasteiger partial charge >= 0.3 is 0 Å². The van der Waals surface area contributed by atoms with Crippen LogP contribution >= 0.6 is 0 Å². The number of hydrogen-bond acceptors (Lipinski definition) is 3. The Kier molecular flexibility index (Phi) is 6.34. The predicted octanol–water partition coefficient (Wildman–Crippen LogP) is 3.16. The van der Waals surface area contributed by atoms with E-state index in [0.29, 0.717) is 5.56 Å². The van der Waals surface area contributed by atoms with Gasteiger partial charge in [0, 0.05) is 43.1 Å². The summed E-state index contributed by atoms with van der Waals surface area (Å²) in [6, 6.07) is 8.36. The molecule has 0 bridgehead atoms. The number of ether oxygens (including phenoxy) is 1. The number of primary amides is 1. The smallest absolute Gasteiger partial charge is 0.251 e. The Morgan fingerprint density at radius 2 is 1.78 bits per heavy atom. The van der Waals surface area contributed by atoms with Crippen LogP contribution in [0.5, 0.6) is 0 Å². The van der Waals surface area contributed by atoms with E-state index in [1.54, 1.807) is 0 Å². The molecule has 1 fully saturated rings. The average Bonchev–Trinajstić information content (AvgIpc) is 2.95. The second-order valence-electron chi connectivity index (χ2n) is 7.33. The van der Waals surface area contributed by atoms with Gasteiger partial charge in [0.1, 0.15) is 0 Å². The molecule has 1 aromatic carbocycles. The summed E-state index contributed by atoms with van der Waals surface area (Å²) in [7, 11) is 0. The van der Waals surface area contributed by atoms with Crippen molar-refractivity contribution < 1.29 is 9.53 Å². The maximum Gasteiger partial charge on any atom is 0.251 e. The van der Waals surface area contributed by atoms with E-state index in [-0.39, 0.29) is 5.91 Å². The van der Waals surface area contributed by atoms with Crippen LogP contribution in [0.4, 0.5) is 0 Å². The van der Waals surface area contributed by atoms with E-state index in [4.69, 9.17) is 10.5 Å². The normalized spacial score (nSPS) is 15.2. The number of carbonyl (C=O) groups is 1. The predicted molar refractivity (Wildman–Crippen MR) is 109 cm³/mol. The molecule has 0 aliphatic carbocycles. The third-order valence-electron chi connectivity index (χ3n) is 5.51. The number of aryl methyl sites for hydroxylation is 1. The minimum Gasteiger partial charge on any atom is -0.379 e. The third kappa shape index (κ3) is 4.25. The average molecular weight is 370 g/mol. The van der Waals surface area contributed by atoms with E-state index in [1.807, 2.05) is 6.92 Å². The van der Waals surface area contributed by atoms with Crippen molar-refractivity contribution in [2.45, 2.75) is 40.2 Å². The lowest BCUT2D eigenvalue weighted by molar-refractivity contribution is 0.0369. The Morgan fingerprint density at radius 1 is 1.11 bits per heavy atom. The van der Waals surface area contributed by atoms with Crippen LogP contribution in [0.3, 0.4) is 0 Å². The van der Waals surface area contributed by atoms with E-state index >= 15 is 0 Å². The molecular formula is C22H31N3O2. The van der Waals surface area contributed by atoms with Gasteiger partial charge in [-0.1, -0.05) is 36.8 Å². The topological polar surface area (TPSA) is 60.5 Å². The van der Waals surface area contributed by atoms with Crippen molar-refractivity contribution in [3.8, 4) is 11.1 Å². The molecule has 2 N–H and O–H groups in total. The van der Waals surface area contributed by atoms with E-state index < -0.39 is 0 Å². The maximum atomic E-state index is 12.3. The fraction of sp³-hybridized carbons (Fsp3) is 0.500. The van der Waals surface area contributed by atoms with Crippen molar-refractivity contribution in [2.75, 3.05) is 32.8 Å². The summed E-state index contributed by atoms with van der Waals surface area (Å²) in [5.74, 6) is -0.343. The van der Waals surface area contributed by atoms with Crippen LogP contribution in [-0.4, -0.2) is 48.2 Å². The van der Waals surface area contributed by atoms with E-state index in [1.165, 1.54) is 11.3 Å². The van der Waals surface area contributed by atoms with Crippen molar-refractivity contribution >= 4 is 5.91 Å². The maximum absolute atomic E-state index is 12.3. The second-order valence-corrected chi connectivity index (χ2v) is 7.33. The van der Waals surface area contributed by atoms with Gasteiger partial charge in [-0.3, -0.25) is 9.69 Å². The molecule has 0 saturated carbocycles. The van der Waals surface area contributed by atoms with Gasteiger partial charge in [-0.15, -0.1) is 0 Å². The fourth-order valence-electron chi connectivity index (χ4n) is 4.08. The summed E-state index contributed by atoms with van der Waals surface area (Å²) in [4.78, 5) is 14.7. The van der Waals surface area contributed by atoms with Gasteiger partial charge in [0.05, 0.1) is 18.8 Å². The van der Waals surface area contributed by atoms with Crippen molar-refractivity contribution in [3.05, 3.63) is 46.8 Å². The van der Waals surface area contributed by atoms with Crippen LogP contribution in [0.15, 0.2) is 24.3 Å². The van der Waals surface area contributed by atoms with Gasteiger partial charge in [-0.25, -0.2) is 0 Å². The first-order valence-corrected chi connectivity index (χ1v) is 9.91. The van der Waals surface area contributed by atoms with E-state index in [2.05, 4.69) is 47.6 Å². The minimum absolute atomic E-state index is 0.343. The molecule has 0 radical (unpaired) electrons. The molecule has 1 aliphatic rings. The van der Waals surface area contributed by atoms with Crippen molar-refractivity contribution in [1.29, 1.82) is 0 Å². The number of aromatic nitrogens is 1. The molecule has 0 spiro atoms. The van der Waals surface area contributed by atoms with Crippen molar-refractivity contribution in [1.82, 2.24) is 9.47 Å². The van der Waals surface area contributed by atoms with Crippen LogP contribution in [0, 0.1) is 13.8 Å². The Hall–Kier alpha value is -2.11.